The van der Waals surface area contributed by atoms with Crippen LogP contribution < -0.4 is 5.32 Å². The molecule has 0 atom stereocenters. The van der Waals surface area contributed by atoms with Gasteiger partial charge >= 0.3 is 0 Å². The second-order valence-corrected chi connectivity index (χ2v) is 6.97. The number of amides is 2. The number of likely N-dealkylation sites (tertiary alicyclic amines) is 1. The van der Waals surface area contributed by atoms with Crippen LogP contribution in [-0.2, 0) is 11.2 Å². The maximum absolute atomic E-state index is 12.4. The van der Waals surface area contributed by atoms with Gasteiger partial charge in [0.05, 0.1) is 12.7 Å². The zero-order chi connectivity index (χ0) is 18.6. The standard InChI is InChI=1S/C22H22N2O3/c25-21(15-16-7-8-17-4-1-2-5-18(17)14-16)23-19-9-11-24(12-10-19)22(26)20-6-3-13-27-20/h1-8,13-14,19H,9-12,15H2,(H,23,25). The van der Waals surface area contributed by atoms with Gasteiger partial charge in [-0.3, -0.25) is 9.59 Å². The van der Waals surface area contributed by atoms with Crippen molar-refractivity contribution in [3.8, 4) is 0 Å². The lowest BCUT2D eigenvalue weighted by Crippen LogP contribution is -2.46. The molecule has 0 spiro atoms. The zero-order valence-corrected chi connectivity index (χ0v) is 15.1. The summed E-state index contributed by atoms with van der Waals surface area (Å²) < 4.78 is 5.18. The monoisotopic (exact) mass is 362 g/mol. The van der Waals surface area contributed by atoms with Gasteiger partial charge in [-0.2, -0.15) is 0 Å². The number of carbonyl (C=O) groups is 2. The van der Waals surface area contributed by atoms with E-state index in [2.05, 4.69) is 29.6 Å². The zero-order valence-electron chi connectivity index (χ0n) is 15.1. The van der Waals surface area contributed by atoms with E-state index in [0.717, 1.165) is 23.8 Å². The van der Waals surface area contributed by atoms with Gasteiger partial charge in [0, 0.05) is 19.1 Å². The molecule has 5 nitrogen and oxygen atoms in total. The highest BCUT2D eigenvalue weighted by atomic mass is 16.3. The number of hydrogen-bond acceptors (Lipinski definition) is 3. The SMILES string of the molecule is O=C(Cc1ccc2ccccc2c1)NC1CCN(C(=O)c2ccco2)CC1. The van der Waals surface area contributed by atoms with E-state index in [1.165, 1.54) is 11.6 Å². The predicted molar refractivity (Wildman–Crippen MR) is 103 cm³/mol. The van der Waals surface area contributed by atoms with Crippen LogP contribution in [0.15, 0.2) is 65.3 Å². The normalized spacial score (nSPS) is 15.0. The van der Waals surface area contributed by atoms with Crippen LogP contribution in [0.5, 0.6) is 0 Å². The molecule has 0 bridgehead atoms. The lowest BCUT2D eigenvalue weighted by Gasteiger charge is -2.31. The Balaban J connectivity index is 1.29. The topological polar surface area (TPSA) is 62.6 Å². The number of hydrogen-bond donors (Lipinski definition) is 1. The summed E-state index contributed by atoms with van der Waals surface area (Å²) in [5.74, 6) is 0.316. The molecule has 0 radical (unpaired) electrons. The van der Waals surface area contributed by atoms with Gasteiger partial charge in [0.25, 0.3) is 5.91 Å². The molecule has 0 saturated carbocycles. The molecule has 1 aromatic heterocycles. The first-order chi connectivity index (χ1) is 13.2. The van der Waals surface area contributed by atoms with Crippen molar-refractivity contribution >= 4 is 22.6 Å². The van der Waals surface area contributed by atoms with E-state index in [0.29, 0.717) is 25.3 Å². The van der Waals surface area contributed by atoms with Gasteiger partial charge in [-0.1, -0.05) is 42.5 Å². The molecule has 3 aromatic rings. The number of benzene rings is 2. The molecule has 4 rings (SSSR count). The smallest absolute Gasteiger partial charge is 0.289 e. The molecule has 27 heavy (non-hydrogen) atoms. The Kier molecular flexibility index (Phi) is 4.92. The Labute approximate surface area is 158 Å². The van der Waals surface area contributed by atoms with Gasteiger partial charge in [0.1, 0.15) is 0 Å². The molecule has 1 aliphatic heterocycles. The Morgan fingerprint density at radius 1 is 1.00 bits per heavy atom. The molecule has 5 heteroatoms. The van der Waals surface area contributed by atoms with Gasteiger partial charge in [0.15, 0.2) is 5.76 Å². The molecule has 1 saturated heterocycles. The van der Waals surface area contributed by atoms with E-state index < -0.39 is 0 Å². The first-order valence-corrected chi connectivity index (χ1v) is 9.29. The number of rotatable bonds is 4. The molecule has 138 valence electrons. The molecule has 2 amide bonds. The Bertz CT molecular complexity index is 941. The third kappa shape index (κ3) is 4.03. The van der Waals surface area contributed by atoms with Gasteiger partial charge in [-0.25, -0.2) is 0 Å². The van der Waals surface area contributed by atoms with E-state index >= 15 is 0 Å². The highest BCUT2D eigenvalue weighted by molar-refractivity contribution is 5.91. The quantitative estimate of drug-likeness (QED) is 0.774. The Hall–Kier alpha value is -3.08. The minimum absolute atomic E-state index is 0.0288. The fourth-order valence-electron chi connectivity index (χ4n) is 3.60. The van der Waals surface area contributed by atoms with E-state index in [-0.39, 0.29) is 17.9 Å². The Morgan fingerprint density at radius 2 is 1.78 bits per heavy atom. The molecule has 1 aliphatic rings. The average molecular weight is 362 g/mol. The average Bonchev–Trinajstić information content (AvgIpc) is 3.23. The minimum Gasteiger partial charge on any atom is -0.459 e. The fourth-order valence-corrected chi connectivity index (χ4v) is 3.60. The van der Waals surface area contributed by atoms with Crippen molar-refractivity contribution in [1.29, 1.82) is 0 Å². The molecular weight excluding hydrogens is 340 g/mol. The van der Waals surface area contributed by atoms with E-state index in [1.54, 1.807) is 17.0 Å². The molecule has 1 N–H and O–H groups in total. The van der Waals surface area contributed by atoms with Crippen molar-refractivity contribution in [2.24, 2.45) is 0 Å². The largest absolute Gasteiger partial charge is 0.459 e. The van der Waals surface area contributed by atoms with Crippen LogP contribution in [0.3, 0.4) is 0 Å². The lowest BCUT2D eigenvalue weighted by molar-refractivity contribution is -0.121. The molecular formula is C22H22N2O3. The summed E-state index contributed by atoms with van der Waals surface area (Å²) in [6, 6.07) is 17.8. The van der Waals surface area contributed by atoms with Crippen LogP contribution >= 0.6 is 0 Å². The number of nitrogens with one attached hydrogen (secondary N) is 1. The highest BCUT2D eigenvalue weighted by Crippen LogP contribution is 2.17. The third-order valence-electron chi connectivity index (χ3n) is 5.06. The van der Waals surface area contributed by atoms with Crippen LogP contribution in [-0.4, -0.2) is 35.8 Å². The Morgan fingerprint density at radius 3 is 2.52 bits per heavy atom. The number of piperidine rings is 1. The number of furan rings is 1. The first-order valence-electron chi connectivity index (χ1n) is 9.29. The maximum atomic E-state index is 12.4. The van der Waals surface area contributed by atoms with Crippen LogP contribution in [0.4, 0.5) is 0 Å². The van der Waals surface area contributed by atoms with Crippen molar-refractivity contribution in [2.75, 3.05) is 13.1 Å². The van der Waals surface area contributed by atoms with Crippen molar-refractivity contribution in [1.82, 2.24) is 10.2 Å². The van der Waals surface area contributed by atoms with Crippen molar-refractivity contribution in [2.45, 2.75) is 25.3 Å². The van der Waals surface area contributed by atoms with E-state index in [9.17, 15) is 9.59 Å². The minimum atomic E-state index is -0.0825. The second-order valence-electron chi connectivity index (χ2n) is 6.97. The lowest BCUT2D eigenvalue weighted by atomic mass is 10.0. The van der Waals surface area contributed by atoms with Crippen LogP contribution in [0.2, 0.25) is 0 Å². The molecule has 0 aliphatic carbocycles. The van der Waals surface area contributed by atoms with Crippen LogP contribution in [0.25, 0.3) is 10.8 Å². The number of nitrogens with zero attached hydrogens (tertiary/aromatic N) is 1. The second kappa shape index (κ2) is 7.66. The number of carbonyl (C=O) groups excluding carboxylic acids is 2. The molecule has 2 heterocycles. The molecule has 0 unspecified atom stereocenters. The molecule has 1 fully saturated rings. The summed E-state index contributed by atoms with van der Waals surface area (Å²) in [5, 5.41) is 5.43. The van der Waals surface area contributed by atoms with E-state index in [1.807, 2.05) is 18.2 Å². The first kappa shape index (κ1) is 17.3. The van der Waals surface area contributed by atoms with Crippen LogP contribution in [0.1, 0.15) is 29.0 Å². The summed E-state index contributed by atoms with van der Waals surface area (Å²) in [4.78, 5) is 26.5. The van der Waals surface area contributed by atoms with Gasteiger partial charge in [-0.15, -0.1) is 0 Å². The highest BCUT2D eigenvalue weighted by Gasteiger charge is 2.25. The van der Waals surface area contributed by atoms with Gasteiger partial charge < -0.3 is 14.6 Å². The summed E-state index contributed by atoms with van der Waals surface area (Å²) in [6.45, 7) is 1.25. The van der Waals surface area contributed by atoms with Crippen molar-refractivity contribution in [3.63, 3.8) is 0 Å². The predicted octanol–water partition coefficient (Wildman–Crippen LogP) is 3.40. The molecule has 2 aromatic carbocycles. The van der Waals surface area contributed by atoms with Crippen LogP contribution in [0, 0.1) is 0 Å². The van der Waals surface area contributed by atoms with E-state index in [4.69, 9.17) is 4.42 Å². The third-order valence-corrected chi connectivity index (χ3v) is 5.06. The van der Waals surface area contributed by atoms with Crippen molar-refractivity contribution < 1.29 is 14.0 Å². The summed E-state index contributed by atoms with van der Waals surface area (Å²) in [6.07, 6.45) is 3.40. The maximum Gasteiger partial charge on any atom is 0.289 e. The summed E-state index contributed by atoms with van der Waals surface area (Å²) >= 11 is 0. The number of fused-ring (bicyclic) bond motifs is 1. The van der Waals surface area contributed by atoms with Gasteiger partial charge in [-0.05, 0) is 41.3 Å². The summed E-state index contributed by atoms with van der Waals surface area (Å²) in [7, 11) is 0. The fraction of sp³-hybridized carbons (Fsp3) is 0.273. The van der Waals surface area contributed by atoms with Gasteiger partial charge in [0.2, 0.25) is 5.91 Å². The van der Waals surface area contributed by atoms with Crippen molar-refractivity contribution in [3.05, 3.63) is 72.2 Å². The summed E-state index contributed by atoms with van der Waals surface area (Å²) in [5.41, 5.74) is 1.01.